The number of carbonyl (C=O) groups is 2. The van der Waals surface area contributed by atoms with Crippen LogP contribution < -0.4 is 24.8 Å². The van der Waals surface area contributed by atoms with E-state index in [4.69, 9.17) is 19.4 Å². The highest BCUT2D eigenvalue weighted by Gasteiger charge is 2.31. The van der Waals surface area contributed by atoms with Gasteiger partial charge in [0.05, 0.1) is 43.0 Å². The number of nitrogens with zero attached hydrogens (tertiary/aromatic N) is 4. The van der Waals surface area contributed by atoms with Crippen LogP contribution in [0.25, 0.3) is 5.65 Å². The summed E-state index contributed by atoms with van der Waals surface area (Å²) < 4.78 is 41.0. The number of pyridine rings is 1. The van der Waals surface area contributed by atoms with E-state index in [1.165, 1.54) is 7.11 Å². The second kappa shape index (κ2) is 14.9. The van der Waals surface area contributed by atoms with Gasteiger partial charge in [-0.3, -0.25) is 18.8 Å². The van der Waals surface area contributed by atoms with Crippen molar-refractivity contribution in [1.82, 2.24) is 24.8 Å². The standard InChI is InChI=1S/C34H43N7O5S.CH2O2/c1-34(2,3)21-18-26(31(45-5)27(19-21)39-47(6,43)44)36-33(42)35-25-14-15-29(24-11-8-7-10-23(24)25)46-22-13-16-30-37-38-32(41(30)20-22)28-12-9-17-40(28)4;2-1-3/h7-8,10-11,13,16,18-20,25,28-29,39H,9,12,14-15,17H2,1-6H3,(H2,35,36,42);1H,(H,2,3)/t25-,28?,29+;/m0./s1. The lowest BCUT2D eigenvalue weighted by Crippen LogP contribution is -2.35. The van der Waals surface area contributed by atoms with E-state index in [-0.39, 0.29) is 41.5 Å². The van der Waals surface area contributed by atoms with Crippen molar-refractivity contribution in [2.45, 2.75) is 70.1 Å². The number of ether oxygens (including phenoxy) is 2. The summed E-state index contributed by atoms with van der Waals surface area (Å²) >= 11 is 0. The maximum Gasteiger partial charge on any atom is 0.319 e. The molecule has 4 aromatic rings. The number of likely N-dealkylation sites (tertiary alicyclic amines) is 1. The molecule has 2 aromatic carbocycles. The van der Waals surface area contributed by atoms with Crippen LogP contribution in [0.5, 0.6) is 11.5 Å². The van der Waals surface area contributed by atoms with Gasteiger partial charge in [0.25, 0.3) is 6.47 Å². The van der Waals surface area contributed by atoms with Crippen molar-refractivity contribution in [2.75, 3.05) is 37.0 Å². The highest BCUT2D eigenvalue weighted by Crippen LogP contribution is 2.41. The van der Waals surface area contributed by atoms with Gasteiger partial charge in [0.2, 0.25) is 10.0 Å². The van der Waals surface area contributed by atoms with Crippen molar-refractivity contribution in [1.29, 1.82) is 0 Å². The van der Waals surface area contributed by atoms with Crippen LogP contribution in [0.15, 0.2) is 54.7 Å². The van der Waals surface area contributed by atoms with Gasteiger partial charge in [-0.15, -0.1) is 10.2 Å². The van der Waals surface area contributed by atoms with E-state index in [2.05, 4.69) is 37.5 Å². The normalized spacial score (nSPS) is 19.1. The smallest absolute Gasteiger partial charge is 0.319 e. The number of hydrogen-bond donors (Lipinski definition) is 4. The van der Waals surface area contributed by atoms with Crippen LogP contribution in [0, 0.1) is 0 Å². The zero-order valence-corrected chi connectivity index (χ0v) is 30.0. The Labute approximate surface area is 292 Å². The fourth-order valence-electron chi connectivity index (χ4n) is 6.58. The Morgan fingerprint density at radius 3 is 2.38 bits per heavy atom. The fourth-order valence-corrected chi connectivity index (χ4v) is 7.13. The summed E-state index contributed by atoms with van der Waals surface area (Å²) in [6.45, 7) is 6.83. The summed E-state index contributed by atoms with van der Waals surface area (Å²) in [6, 6.07) is 14.9. The number of carboxylic acid groups (broad SMARTS) is 1. The summed E-state index contributed by atoms with van der Waals surface area (Å²) in [4.78, 5) is 24.2. The fraction of sp³-hybridized carbons (Fsp3) is 0.429. The lowest BCUT2D eigenvalue weighted by Gasteiger charge is -2.32. The van der Waals surface area contributed by atoms with Gasteiger partial charge in [0.1, 0.15) is 11.9 Å². The first kappa shape index (κ1) is 36.4. The second-order valence-corrected chi connectivity index (χ2v) is 15.3. The molecule has 1 aliphatic carbocycles. The molecule has 1 saturated heterocycles. The van der Waals surface area contributed by atoms with Gasteiger partial charge in [-0.1, -0.05) is 45.0 Å². The van der Waals surface area contributed by atoms with Gasteiger partial charge in [-0.2, -0.15) is 0 Å². The summed E-state index contributed by atoms with van der Waals surface area (Å²) in [6.07, 6.45) is 6.38. The molecule has 1 unspecified atom stereocenters. The lowest BCUT2D eigenvalue weighted by molar-refractivity contribution is -0.122. The van der Waals surface area contributed by atoms with Crippen LogP contribution in [0.3, 0.4) is 0 Å². The number of rotatable bonds is 8. The maximum atomic E-state index is 13.5. The van der Waals surface area contributed by atoms with Crippen LogP contribution in [0.1, 0.15) is 87.2 Å². The van der Waals surface area contributed by atoms with Gasteiger partial charge in [-0.05, 0) is 85.6 Å². The minimum Gasteiger partial charge on any atom is -0.492 e. The third-order valence-electron chi connectivity index (χ3n) is 8.94. The number of carbonyl (C=O) groups excluding carboxylic acids is 1. The number of nitrogens with one attached hydrogen (secondary N) is 3. The van der Waals surface area contributed by atoms with Gasteiger partial charge in [-0.25, -0.2) is 13.2 Å². The molecule has 4 N–H and O–H groups in total. The van der Waals surface area contributed by atoms with Crippen LogP contribution in [0.2, 0.25) is 0 Å². The summed E-state index contributed by atoms with van der Waals surface area (Å²) in [7, 11) is -0.0369. The summed E-state index contributed by atoms with van der Waals surface area (Å²) in [5.74, 6) is 1.88. The Morgan fingerprint density at radius 1 is 1.04 bits per heavy atom. The highest BCUT2D eigenvalue weighted by atomic mass is 32.2. The average Bonchev–Trinajstić information content (AvgIpc) is 3.66. The molecule has 1 fully saturated rings. The molecule has 268 valence electrons. The number of methoxy groups -OCH3 is 1. The molecule has 2 amide bonds. The van der Waals surface area contributed by atoms with Gasteiger partial charge in [0, 0.05) is 0 Å². The molecular weight excluding hydrogens is 662 g/mol. The summed E-state index contributed by atoms with van der Waals surface area (Å²) in [5, 5.41) is 21.8. The molecule has 2 aliphatic rings. The number of fused-ring (bicyclic) bond motifs is 2. The third-order valence-corrected chi connectivity index (χ3v) is 9.53. The predicted octanol–water partition coefficient (Wildman–Crippen LogP) is 5.65. The Balaban J connectivity index is 0.00000156. The minimum atomic E-state index is -3.60. The number of urea groups is 1. The van der Waals surface area contributed by atoms with E-state index in [0.717, 1.165) is 59.6 Å². The van der Waals surface area contributed by atoms with Crippen molar-refractivity contribution in [3.63, 3.8) is 0 Å². The molecule has 0 bridgehead atoms. The van der Waals surface area contributed by atoms with Gasteiger partial charge in [0.15, 0.2) is 17.2 Å². The van der Waals surface area contributed by atoms with Gasteiger partial charge < -0.3 is 25.2 Å². The molecule has 3 heterocycles. The molecule has 14 nitrogen and oxygen atoms in total. The van der Waals surface area contributed by atoms with Crippen molar-refractivity contribution in [3.05, 3.63) is 77.2 Å². The Morgan fingerprint density at radius 2 is 1.74 bits per heavy atom. The first-order valence-electron chi connectivity index (χ1n) is 16.4. The number of amides is 2. The van der Waals surface area contributed by atoms with Crippen LogP contribution in [-0.4, -0.2) is 72.5 Å². The van der Waals surface area contributed by atoms with Crippen molar-refractivity contribution >= 4 is 39.5 Å². The Kier molecular flexibility index (Phi) is 10.9. The van der Waals surface area contributed by atoms with E-state index in [1.54, 1.807) is 6.07 Å². The molecule has 15 heteroatoms. The molecule has 0 saturated carbocycles. The number of aromatic nitrogens is 3. The molecule has 2 aromatic heterocycles. The average molecular weight is 708 g/mol. The third kappa shape index (κ3) is 8.28. The Bertz CT molecular complexity index is 1960. The molecule has 1 aliphatic heterocycles. The maximum absolute atomic E-state index is 13.5. The number of benzene rings is 2. The van der Waals surface area contributed by atoms with E-state index >= 15 is 0 Å². The predicted molar refractivity (Wildman–Crippen MR) is 190 cm³/mol. The monoisotopic (exact) mass is 707 g/mol. The van der Waals surface area contributed by atoms with E-state index in [1.807, 2.05) is 73.8 Å². The molecule has 6 rings (SSSR count). The van der Waals surface area contributed by atoms with Gasteiger partial charge >= 0.3 is 6.03 Å². The number of anilines is 2. The topological polar surface area (TPSA) is 176 Å². The highest BCUT2D eigenvalue weighted by molar-refractivity contribution is 7.92. The van der Waals surface area contributed by atoms with Crippen molar-refractivity contribution in [3.8, 4) is 11.5 Å². The minimum absolute atomic E-state index is 0.202. The van der Waals surface area contributed by atoms with E-state index in [0.29, 0.717) is 18.5 Å². The molecule has 0 spiro atoms. The zero-order valence-electron chi connectivity index (χ0n) is 29.1. The van der Waals surface area contributed by atoms with Crippen molar-refractivity contribution < 1.29 is 32.6 Å². The summed E-state index contributed by atoms with van der Waals surface area (Å²) in [5.41, 5.74) is 3.90. The lowest BCUT2D eigenvalue weighted by atomic mass is 9.85. The number of sulfonamides is 1. The van der Waals surface area contributed by atoms with Crippen molar-refractivity contribution in [2.24, 2.45) is 0 Å². The first-order valence-corrected chi connectivity index (χ1v) is 18.3. The molecule has 50 heavy (non-hydrogen) atoms. The largest absolute Gasteiger partial charge is 0.492 e. The van der Waals surface area contributed by atoms with E-state index < -0.39 is 16.1 Å². The quantitative estimate of drug-likeness (QED) is 0.167. The molecule has 3 atom stereocenters. The zero-order chi connectivity index (χ0) is 36.2. The van der Waals surface area contributed by atoms with Crippen LogP contribution in [0.4, 0.5) is 16.2 Å². The second-order valence-electron chi connectivity index (χ2n) is 13.6. The molecular formula is C35H45N7O7S. The SMILES string of the molecule is COc1c(NC(=O)N[C@H]2CC[C@@H](Oc3ccc4nnc(C5CCCN5C)n4c3)c3ccccc32)cc(C(C)(C)C)cc1NS(C)(=O)=O.O=CO. The van der Waals surface area contributed by atoms with E-state index in [9.17, 15) is 13.2 Å². The van der Waals surface area contributed by atoms with Crippen LogP contribution >= 0.6 is 0 Å². The molecule has 0 radical (unpaired) electrons. The Hall–Kier alpha value is -4.89. The first-order chi connectivity index (χ1) is 23.7. The number of hydrogen-bond acceptors (Lipinski definition) is 9. The van der Waals surface area contributed by atoms with Crippen LogP contribution in [-0.2, 0) is 20.2 Å².